The summed E-state index contributed by atoms with van der Waals surface area (Å²) in [4.78, 5) is 36.2. The molecule has 0 bridgehead atoms. The zero-order valence-corrected chi connectivity index (χ0v) is 21.1. The number of rotatable bonds is 7. The Labute approximate surface area is 214 Å². The second-order valence-corrected chi connectivity index (χ2v) is 10.1. The summed E-state index contributed by atoms with van der Waals surface area (Å²) in [6.45, 7) is 4.43. The number of aryl methyl sites for hydroxylation is 2. The van der Waals surface area contributed by atoms with E-state index in [1.54, 1.807) is 4.90 Å². The van der Waals surface area contributed by atoms with E-state index < -0.39 is 5.25 Å². The Kier molecular flexibility index (Phi) is 6.91. The molecule has 0 radical (unpaired) electrons. The van der Waals surface area contributed by atoms with Crippen LogP contribution in [0.15, 0.2) is 84.0 Å². The van der Waals surface area contributed by atoms with E-state index in [1.165, 1.54) is 11.8 Å². The first-order valence-corrected chi connectivity index (χ1v) is 12.9. The standard InChI is InChI=1S/C29H28N4O2S/c1-19-9-8-10-20(2)27(19)32-26(34)17-25-28(35)33(29(36-25)31-22-11-4-3-5-12-22)16-15-21-18-30-24-14-7-6-13-23(21)24/h3-14,18,25,30H,15-17H2,1-2H3,(H,32,34). The third-order valence-corrected chi connectivity index (χ3v) is 7.57. The van der Waals surface area contributed by atoms with Crippen molar-refractivity contribution >= 4 is 51.0 Å². The Balaban J connectivity index is 1.35. The van der Waals surface area contributed by atoms with Gasteiger partial charge in [-0.25, -0.2) is 4.99 Å². The van der Waals surface area contributed by atoms with E-state index in [-0.39, 0.29) is 18.2 Å². The van der Waals surface area contributed by atoms with E-state index >= 15 is 0 Å². The molecule has 1 aliphatic heterocycles. The van der Waals surface area contributed by atoms with Crippen molar-refractivity contribution in [1.29, 1.82) is 0 Å². The van der Waals surface area contributed by atoms with Crippen molar-refractivity contribution in [1.82, 2.24) is 9.88 Å². The number of nitrogens with zero attached hydrogens (tertiary/aromatic N) is 2. The predicted molar refractivity (Wildman–Crippen MR) is 148 cm³/mol. The summed E-state index contributed by atoms with van der Waals surface area (Å²) in [5.74, 6) is -0.248. The number of aromatic nitrogens is 1. The lowest BCUT2D eigenvalue weighted by Gasteiger charge is -2.16. The SMILES string of the molecule is Cc1cccc(C)c1NC(=O)CC1SC(=Nc2ccccc2)N(CCc2c[nH]c3ccccc23)C1=O. The number of carbonyl (C=O) groups is 2. The fourth-order valence-electron chi connectivity index (χ4n) is 4.49. The number of amides is 2. The van der Waals surface area contributed by atoms with E-state index in [0.29, 0.717) is 18.1 Å². The van der Waals surface area contributed by atoms with Crippen LogP contribution in [0.4, 0.5) is 11.4 Å². The first kappa shape index (κ1) is 23.9. The molecule has 0 aliphatic carbocycles. The molecule has 182 valence electrons. The van der Waals surface area contributed by atoms with E-state index in [4.69, 9.17) is 4.99 Å². The van der Waals surface area contributed by atoms with Gasteiger partial charge in [-0.3, -0.25) is 14.5 Å². The molecule has 0 saturated carbocycles. The third kappa shape index (κ3) is 5.06. The first-order chi connectivity index (χ1) is 17.5. The minimum Gasteiger partial charge on any atom is -0.361 e. The van der Waals surface area contributed by atoms with Crippen LogP contribution >= 0.6 is 11.8 Å². The quantitative estimate of drug-likeness (QED) is 0.330. The maximum absolute atomic E-state index is 13.5. The Morgan fingerprint density at radius 1 is 1.00 bits per heavy atom. The molecule has 3 aromatic carbocycles. The molecule has 2 N–H and O–H groups in total. The summed E-state index contributed by atoms with van der Waals surface area (Å²) >= 11 is 1.37. The molecule has 1 aliphatic rings. The van der Waals surface area contributed by atoms with Gasteiger partial charge in [-0.1, -0.05) is 66.4 Å². The number of benzene rings is 3. The molecule has 5 rings (SSSR count). The second-order valence-electron chi connectivity index (χ2n) is 8.95. The number of H-pyrrole nitrogens is 1. The fraction of sp³-hybridized carbons (Fsp3) is 0.207. The molecule has 1 unspecified atom stereocenters. The lowest BCUT2D eigenvalue weighted by molar-refractivity contribution is -0.128. The average molecular weight is 497 g/mol. The molecule has 1 fully saturated rings. The molecule has 1 aromatic heterocycles. The van der Waals surface area contributed by atoms with Gasteiger partial charge in [0.1, 0.15) is 5.25 Å². The molecule has 1 saturated heterocycles. The summed E-state index contributed by atoms with van der Waals surface area (Å²) in [5.41, 5.74) is 5.83. The van der Waals surface area contributed by atoms with Gasteiger partial charge in [0, 0.05) is 35.8 Å². The van der Waals surface area contributed by atoms with Crippen LogP contribution in [0.5, 0.6) is 0 Å². The maximum Gasteiger partial charge on any atom is 0.242 e. The van der Waals surface area contributed by atoms with Crippen molar-refractivity contribution in [2.75, 3.05) is 11.9 Å². The van der Waals surface area contributed by atoms with E-state index in [1.807, 2.05) is 86.8 Å². The van der Waals surface area contributed by atoms with Crippen LogP contribution in [0.2, 0.25) is 0 Å². The number of amidine groups is 1. The van der Waals surface area contributed by atoms with Crippen molar-refractivity contribution in [3.63, 3.8) is 0 Å². The Bertz CT molecular complexity index is 1420. The van der Waals surface area contributed by atoms with Crippen molar-refractivity contribution in [3.05, 3.63) is 95.7 Å². The van der Waals surface area contributed by atoms with Crippen LogP contribution in [0, 0.1) is 13.8 Å². The highest BCUT2D eigenvalue weighted by Gasteiger charge is 2.39. The van der Waals surface area contributed by atoms with Gasteiger partial charge < -0.3 is 10.3 Å². The number of carbonyl (C=O) groups excluding carboxylic acids is 2. The average Bonchev–Trinajstić information content (AvgIpc) is 3.41. The van der Waals surface area contributed by atoms with Crippen LogP contribution in [0.1, 0.15) is 23.1 Å². The first-order valence-electron chi connectivity index (χ1n) is 12.0. The molecule has 4 aromatic rings. The van der Waals surface area contributed by atoms with E-state index in [9.17, 15) is 9.59 Å². The van der Waals surface area contributed by atoms with Gasteiger partial charge in [-0.05, 0) is 55.2 Å². The Morgan fingerprint density at radius 3 is 2.50 bits per heavy atom. The largest absolute Gasteiger partial charge is 0.361 e. The highest BCUT2D eigenvalue weighted by Crippen LogP contribution is 2.33. The van der Waals surface area contributed by atoms with E-state index in [0.717, 1.165) is 39.0 Å². The number of hydrogen-bond donors (Lipinski definition) is 2. The molecule has 2 heterocycles. The number of aliphatic imine (C=N–C) groups is 1. The van der Waals surface area contributed by atoms with Gasteiger partial charge in [-0.15, -0.1) is 0 Å². The highest BCUT2D eigenvalue weighted by atomic mass is 32.2. The zero-order valence-electron chi connectivity index (χ0n) is 20.3. The maximum atomic E-state index is 13.5. The number of aromatic amines is 1. The van der Waals surface area contributed by atoms with Crippen LogP contribution in [-0.2, 0) is 16.0 Å². The summed E-state index contributed by atoms with van der Waals surface area (Å²) < 4.78 is 0. The van der Waals surface area contributed by atoms with Crippen LogP contribution in [0.3, 0.4) is 0 Å². The van der Waals surface area contributed by atoms with Gasteiger partial charge in [-0.2, -0.15) is 0 Å². The minimum absolute atomic E-state index is 0.0776. The molecule has 7 heteroatoms. The number of thioether (sulfide) groups is 1. The van der Waals surface area contributed by atoms with Gasteiger partial charge in [0.25, 0.3) is 0 Å². The molecule has 1 atom stereocenters. The number of hydrogen-bond acceptors (Lipinski definition) is 4. The molecular weight excluding hydrogens is 468 g/mol. The minimum atomic E-state index is -0.514. The predicted octanol–water partition coefficient (Wildman–Crippen LogP) is 5.99. The number of nitrogens with one attached hydrogen (secondary N) is 2. The monoisotopic (exact) mass is 496 g/mol. The number of anilines is 1. The normalized spacial score (nSPS) is 16.7. The summed E-state index contributed by atoms with van der Waals surface area (Å²) in [6, 6.07) is 23.7. The summed E-state index contributed by atoms with van der Waals surface area (Å²) in [6.07, 6.45) is 2.78. The van der Waals surface area contributed by atoms with Gasteiger partial charge >= 0.3 is 0 Å². The molecule has 36 heavy (non-hydrogen) atoms. The van der Waals surface area contributed by atoms with Crippen molar-refractivity contribution < 1.29 is 9.59 Å². The summed E-state index contributed by atoms with van der Waals surface area (Å²) in [5, 5.41) is 4.29. The Morgan fingerprint density at radius 2 is 1.72 bits per heavy atom. The molecule has 0 spiro atoms. The smallest absolute Gasteiger partial charge is 0.242 e. The number of para-hydroxylation sites is 3. The molecular formula is C29H28N4O2S. The lowest BCUT2D eigenvalue weighted by Crippen LogP contribution is -2.35. The van der Waals surface area contributed by atoms with Crippen molar-refractivity contribution in [3.8, 4) is 0 Å². The topological polar surface area (TPSA) is 77.6 Å². The van der Waals surface area contributed by atoms with E-state index in [2.05, 4.69) is 16.4 Å². The van der Waals surface area contributed by atoms with Crippen molar-refractivity contribution in [2.45, 2.75) is 31.9 Å². The van der Waals surface area contributed by atoms with Crippen LogP contribution < -0.4 is 5.32 Å². The second kappa shape index (κ2) is 10.4. The highest BCUT2D eigenvalue weighted by molar-refractivity contribution is 8.15. The summed E-state index contributed by atoms with van der Waals surface area (Å²) in [7, 11) is 0. The fourth-order valence-corrected chi connectivity index (χ4v) is 5.67. The molecule has 2 amide bonds. The number of fused-ring (bicyclic) bond motifs is 1. The van der Waals surface area contributed by atoms with Crippen LogP contribution in [0.25, 0.3) is 10.9 Å². The van der Waals surface area contributed by atoms with Crippen LogP contribution in [-0.4, -0.2) is 38.7 Å². The van der Waals surface area contributed by atoms with Gasteiger partial charge in [0.05, 0.1) is 5.69 Å². The zero-order chi connectivity index (χ0) is 25.1. The van der Waals surface area contributed by atoms with Crippen molar-refractivity contribution in [2.24, 2.45) is 4.99 Å². The lowest BCUT2D eigenvalue weighted by atomic mass is 10.1. The third-order valence-electron chi connectivity index (χ3n) is 6.40. The van der Waals surface area contributed by atoms with Gasteiger partial charge in [0.2, 0.25) is 11.8 Å². The van der Waals surface area contributed by atoms with Gasteiger partial charge in [0.15, 0.2) is 5.17 Å². The Hall–Kier alpha value is -3.84. The molecule has 6 nitrogen and oxygen atoms in total.